The van der Waals surface area contributed by atoms with E-state index in [1.54, 1.807) is 42.5 Å². The van der Waals surface area contributed by atoms with Crippen LogP contribution in [-0.4, -0.2) is 50.0 Å². The van der Waals surface area contributed by atoms with Crippen LogP contribution in [0.4, 0.5) is 18.9 Å². The van der Waals surface area contributed by atoms with Crippen molar-refractivity contribution in [3.63, 3.8) is 0 Å². The molecule has 3 aromatic rings. The number of halogens is 3. The molecule has 2 atom stereocenters. The van der Waals surface area contributed by atoms with Crippen LogP contribution in [0, 0.1) is 0 Å². The molecule has 12 heteroatoms. The lowest BCUT2D eigenvalue weighted by Gasteiger charge is -2.28. The van der Waals surface area contributed by atoms with Gasteiger partial charge in [0.2, 0.25) is 5.91 Å². The molecule has 0 spiro atoms. The first-order valence-electron chi connectivity index (χ1n) is 13.4. The van der Waals surface area contributed by atoms with Crippen molar-refractivity contribution in [3.05, 3.63) is 83.4 Å². The average molecular weight is 603 g/mol. The molecule has 9 nitrogen and oxygen atoms in total. The third kappa shape index (κ3) is 9.38. The van der Waals surface area contributed by atoms with Gasteiger partial charge in [0.25, 0.3) is 5.91 Å². The maximum Gasteiger partial charge on any atom is 0.573 e. The summed E-state index contributed by atoms with van der Waals surface area (Å²) in [7, 11) is 2.95. The van der Waals surface area contributed by atoms with Crippen LogP contribution in [-0.2, 0) is 9.59 Å². The third-order valence-corrected chi connectivity index (χ3v) is 6.63. The Morgan fingerprint density at radius 2 is 1.51 bits per heavy atom. The van der Waals surface area contributed by atoms with E-state index in [-0.39, 0.29) is 13.0 Å². The smallest absolute Gasteiger partial charge is 0.493 e. The third-order valence-electron chi connectivity index (χ3n) is 6.63. The molecule has 0 saturated carbocycles. The summed E-state index contributed by atoms with van der Waals surface area (Å²) in [5, 5.41) is 14.2. The van der Waals surface area contributed by atoms with Crippen LogP contribution < -0.4 is 24.8 Å². The van der Waals surface area contributed by atoms with Gasteiger partial charge in [0.15, 0.2) is 11.5 Å². The maximum atomic E-state index is 13.9. The number of benzene rings is 3. The Morgan fingerprint density at radius 1 is 0.884 bits per heavy atom. The highest BCUT2D eigenvalue weighted by Crippen LogP contribution is 2.39. The molecule has 2 amide bonds. The fraction of sp³-hybridized carbons (Fsp3) is 0.323. The summed E-state index contributed by atoms with van der Waals surface area (Å²) >= 11 is 0. The Morgan fingerprint density at radius 3 is 2.07 bits per heavy atom. The first-order chi connectivity index (χ1) is 20.4. The summed E-state index contributed by atoms with van der Waals surface area (Å²) < 4.78 is 52.9. The van der Waals surface area contributed by atoms with E-state index in [4.69, 9.17) is 14.6 Å². The fourth-order valence-corrected chi connectivity index (χ4v) is 4.68. The van der Waals surface area contributed by atoms with E-state index in [1.807, 2.05) is 6.92 Å². The van der Waals surface area contributed by atoms with Crippen LogP contribution in [0.25, 0.3) is 0 Å². The molecule has 0 fully saturated rings. The van der Waals surface area contributed by atoms with Crippen LogP contribution >= 0.6 is 0 Å². The van der Waals surface area contributed by atoms with Crippen molar-refractivity contribution in [2.45, 2.75) is 44.4 Å². The van der Waals surface area contributed by atoms with Gasteiger partial charge in [0.05, 0.1) is 26.6 Å². The molecule has 43 heavy (non-hydrogen) atoms. The standard InChI is InChI=1S/C31H33F3N2O7/c1-4-5-24(19-6-8-21(9-7-19)29(39)35-17-16-27(37)38)28(20-10-13-23(14-11-20)43-31(32,33)34)30(40)36-22-12-15-25(41-2)26(18-22)42-3/h6-15,18,24,28H,4-5,16-17H2,1-3H3,(H,35,39)(H,36,40)(H,37,38)/t24-,28+/m0/s1. The lowest BCUT2D eigenvalue weighted by atomic mass is 9.78. The number of methoxy groups -OCH3 is 2. The Bertz CT molecular complexity index is 1390. The molecule has 0 bridgehead atoms. The van der Waals surface area contributed by atoms with E-state index < -0.39 is 41.7 Å². The Labute approximate surface area is 247 Å². The Kier molecular flexibility index (Phi) is 11.4. The zero-order chi connectivity index (χ0) is 31.6. The second-order valence-corrected chi connectivity index (χ2v) is 9.57. The predicted octanol–water partition coefficient (Wildman–Crippen LogP) is 6.11. The summed E-state index contributed by atoms with van der Waals surface area (Å²) in [5.41, 5.74) is 1.92. The minimum absolute atomic E-state index is 0.0270. The number of carboxylic acid groups (broad SMARTS) is 1. The number of rotatable bonds is 14. The first kappa shape index (κ1) is 32.8. The van der Waals surface area contributed by atoms with Gasteiger partial charge in [-0.15, -0.1) is 13.2 Å². The molecule has 0 aliphatic heterocycles. The van der Waals surface area contributed by atoms with Gasteiger partial charge >= 0.3 is 12.3 Å². The minimum Gasteiger partial charge on any atom is -0.493 e. The molecule has 3 aromatic carbocycles. The quantitative estimate of drug-likeness (QED) is 0.203. The Balaban J connectivity index is 1.97. The zero-order valence-corrected chi connectivity index (χ0v) is 23.9. The summed E-state index contributed by atoms with van der Waals surface area (Å²) in [6.45, 7) is 1.92. The monoisotopic (exact) mass is 602 g/mol. The number of alkyl halides is 3. The molecule has 230 valence electrons. The van der Waals surface area contributed by atoms with Crippen molar-refractivity contribution < 1.29 is 46.9 Å². The molecule has 0 aliphatic carbocycles. The second kappa shape index (κ2) is 14.9. The number of nitrogens with one attached hydrogen (secondary N) is 2. The lowest BCUT2D eigenvalue weighted by molar-refractivity contribution is -0.274. The van der Waals surface area contributed by atoms with Gasteiger partial charge in [-0.1, -0.05) is 37.6 Å². The van der Waals surface area contributed by atoms with Gasteiger partial charge in [0, 0.05) is 23.9 Å². The number of anilines is 1. The van der Waals surface area contributed by atoms with Crippen molar-refractivity contribution in [1.29, 1.82) is 0 Å². The van der Waals surface area contributed by atoms with Gasteiger partial charge in [-0.3, -0.25) is 14.4 Å². The largest absolute Gasteiger partial charge is 0.573 e. The highest BCUT2D eigenvalue weighted by atomic mass is 19.4. The molecule has 0 radical (unpaired) electrons. The molecule has 0 unspecified atom stereocenters. The lowest BCUT2D eigenvalue weighted by Crippen LogP contribution is -2.27. The number of amides is 2. The van der Waals surface area contributed by atoms with Gasteiger partial charge < -0.3 is 30.0 Å². The van der Waals surface area contributed by atoms with Crippen LogP contribution in [0.2, 0.25) is 0 Å². The van der Waals surface area contributed by atoms with Crippen LogP contribution in [0.15, 0.2) is 66.7 Å². The Hall–Kier alpha value is -4.74. The topological polar surface area (TPSA) is 123 Å². The SMILES string of the molecule is CCC[C@@H](c1ccc(C(=O)NCCC(=O)O)cc1)[C@H](C(=O)Nc1ccc(OC)c(OC)c1)c1ccc(OC(F)(F)F)cc1. The molecule has 0 heterocycles. The molecular weight excluding hydrogens is 569 g/mol. The van der Waals surface area contributed by atoms with E-state index in [0.29, 0.717) is 41.2 Å². The molecule has 3 N–H and O–H groups in total. The maximum absolute atomic E-state index is 13.9. The van der Waals surface area contributed by atoms with Crippen LogP contribution in [0.3, 0.4) is 0 Å². The normalized spacial score (nSPS) is 12.5. The van der Waals surface area contributed by atoms with Gasteiger partial charge in [-0.2, -0.15) is 0 Å². The van der Waals surface area contributed by atoms with Crippen molar-refractivity contribution in [3.8, 4) is 17.2 Å². The highest BCUT2D eigenvalue weighted by molar-refractivity contribution is 5.97. The number of ether oxygens (including phenoxy) is 3. The number of carboxylic acids is 1. The predicted molar refractivity (Wildman–Crippen MR) is 153 cm³/mol. The van der Waals surface area contributed by atoms with E-state index in [9.17, 15) is 27.6 Å². The number of hydrogen-bond acceptors (Lipinski definition) is 6. The zero-order valence-electron chi connectivity index (χ0n) is 23.9. The van der Waals surface area contributed by atoms with Crippen molar-refractivity contribution in [2.75, 3.05) is 26.1 Å². The van der Waals surface area contributed by atoms with E-state index in [2.05, 4.69) is 15.4 Å². The number of carbonyl (C=O) groups excluding carboxylic acids is 2. The first-order valence-corrected chi connectivity index (χ1v) is 13.4. The minimum atomic E-state index is -4.86. The second-order valence-electron chi connectivity index (χ2n) is 9.57. The molecule has 0 aliphatic rings. The molecule has 3 rings (SSSR count). The summed E-state index contributed by atoms with van der Waals surface area (Å²) in [6.07, 6.45) is -3.86. The van der Waals surface area contributed by atoms with E-state index in [1.165, 1.54) is 26.4 Å². The van der Waals surface area contributed by atoms with Crippen molar-refractivity contribution in [1.82, 2.24) is 5.32 Å². The van der Waals surface area contributed by atoms with Crippen molar-refractivity contribution >= 4 is 23.5 Å². The van der Waals surface area contributed by atoms with Gasteiger partial charge in [-0.25, -0.2) is 0 Å². The van der Waals surface area contributed by atoms with Crippen LogP contribution in [0.5, 0.6) is 17.2 Å². The molecule has 0 saturated heterocycles. The molecular formula is C31H33F3N2O7. The number of carbonyl (C=O) groups is 3. The van der Waals surface area contributed by atoms with Crippen LogP contribution in [0.1, 0.15) is 59.5 Å². The summed E-state index contributed by atoms with van der Waals surface area (Å²) in [4.78, 5) is 37.1. The van der Waals surface area contributed by atoms with Gasteiger partial charge in [-0.05, 0) is 59.9 Å². The van der Waals surface area contributed by atoms with E-state index in [0.717, 1.165) is 17.7 Å². The molecule has 0 aromatic heterocycles. The number of aliphatic carboxylic acids is 1. The summed E-state index contributed by atoms with van der Waals surface area (Å²) in [5.74, 6) is -2.71. The average Bonchev–Trinajstić information content (AvgIpc) is 2.96. The van der Waals surface area contributed by atoms with Gasteiger partial charge in [0.1, 0.15) is 5.75 Å². The fourth-order valence-electron chi connectivity index (χ4n) is 4.68. The van der Waals surface area contributed by atoms with E-state index >= 15 is 0 Å². The number of hydrogen-bond donors (Lipinski definition) is 3. The highest BCUT2D eigenvalue weighted by Gasteiger charge is 2.33. The van der Waals surface area contributed by atoms with Crippen molar-refractivity contribution in [2.24, 2.45) is 0 Å². The summed E-state index contributed by atoms with van der Waals surface area (Å²) in [6, 6.07) is 16.6.